The first-order chi connectivity index (χ1) is 9.70. The van der Waals surface area contributed by atoms with Crippen molar-refractivity contribution in [3.8, 4) is 0 Å². The molecule has 1 aliphatic rings. The summed E-state index contributed by atoms with van der Waals surface area (Å²) in [5, 5.41) is 12.3. The van der Waals surface area contributed by atoms with Crippen molar-refractivity contribution in [1.29, 1.82) is 0 Å². The molecule has 0 amide bonds. The summed E-state index contributed by atoms with van der Waals surface area (Å²) < 4.78 is 0. The summed E-state index contributed by atoms with van der Waals surface area (Å²) in [6, 6.07) is 5.57. The van der Waals surface area contributed by atoms with Crippen molar-refractivity contribution in [3.63, 3.8) is 0 Å². The lowest BCUT2D eigenvalue weighted by Crippen LogP contribution is -2.27. The van der Waals surface area contributed by atoms with Crippen molar-refractivity contribution in [1.82, 2.24) is 4.90 Å². The smallest absolute Gasteiger partial charge is 0.170 e. The Labute approximate surface area is 125 Å². The molecule has 0 atom stereocenters. The van der Waals surface area contributed by atoms with Gasteiger partial charge in [0.25, 0.3) is 0 Å². The molecule has 1 aromatic rings. The maximum absolute atomic E-state index is 8.68. The number of nitrogens with two attached hydrogens (primary N) is 1. The van der Waals surface area contributed by atoms with Crippen LogP contribution >= 0.6 is 11.6 Å². The first-order valence-corrected chi connectivity index (χ1v) is 7.57. The van der Waals surface area contributed by atoms with E-state index in [1.165, 1.54) is 32.1 Å². The van der Waals surface area contributed by atoms with Gasteiger partial charge in [0.05, 0.1) is 0 Å². The number of likely N-dealkylation sites (tertiary alicyclic amines) is 1. The van der Waals surface area contributed by atoms with E-state index >= 15 is 0 Å². The molecule has 0 saturated carbocycles. The standard InChI is InChI=1S/C15H22ClN3O/c16-14-10-12(15(17)18-20)6-7-13(14)11-19-8-4-2-1-3-5-9-19/h6-7,10,20H,1-5,8-9,11H2,(H2,17,18). The lowest BCUT2D eigenvalue weighted by atomic mass is 10.1. The van der Waals surface area contributed by atoms with Crippen LogP contribution in [0.5, 0.6) is 0 Å². The van der Waals surface area contributed by atoms with Crippen LogP contribution in [0.25, 0.3) is 0 Å². The Morgan fingerprint density at radius 2 is 1.85 bits per heavy atom. The van der Waals surface area contributed by atoms with E-state index < -0.39 is 0 Å². The van der Waals surface area contributed by atoms with Gasteiger partial charge in [0.2, 0.25) is 0 Å². The quantitative estimate of drug-likeness (QED) is 0.389. The number of halogens is 1. The third kappa shape index (κ3) is 4.12. The third-order valence-corrected chi connectivity index (χ3v) is 4.15. The maximum atomic E-state index is 8.68. The van der Waals surface area contributed by atoms with Crippen LogP contribution in [0.2, 0.25) is 5.02 Å². The Kier molecular flexibility index (Phi) is 5.68. The normalized spacial score (nSPS) is 18.6. The largest absolute Gasteiger partial charge is 0.409 e. The molecule has 1 saturated heterocycles. The van der Waals surface area contributed by atoms with Crippen molar-refractivity contribution < 1.29 is 5.21 Å². The molecule has 1 heterocycles. The second-order valence-corrected chi connectivity index (χ2v) is 5.74. The molecule has 0 spiro atoms. The minimum atomic E-state index is 0.0877. The molecule has 4 nitrogen and oxygen atoms in total. The minimum absolute atomic E-state index is 0.0877. The summed E-state index contributed by atoms with van der Waals surface area (Å²) in [7, 11) is 0. The number of benzene rings is 1. The highest BCUT2D eigenvalue weighted by Crippen LogP contribution is 2.21. The molecule has 0 aliphatic carbocycles. The molecule has 2 rings (SSSR count). The Hall–Kier alpha value is -1.26. The van der Waals surface area contributed by atoms with Gasteiger partial charge in [0.15, 0.2) is 5.84 Å². The predicted octanol–water partition coefficient (Wildman–Crippen LogP) is 3.20. The van der Waals surface area contributed by atoms with Gasteiger partial charge >= 0.3 is 0 Å². The number of amidine groups is 1. The fourth-order valence-electron chi connectivity index (χ4n) is 2.60. The highest BCUT2D eigenvalue weighted by molar-refractivity contribution is 6.31. The molecular weight excluding hydrogens is 274 g/mol. The van der Waals surface area contributed by atoms with E-state index in [0.29, 0.717) is 10.6 Å². The molecule has 1 aliphatic heterocycles. The van der Waals surface area contributed by atoms with Gasteiger partial charge in [-0.25, -0.2) is 0 Å². The van der Waals surface area contributed by atoms with Gasteiger partial charge in [-0.05, 0) is 37.6 Å². The van der Waals surface area contributed by atoms with Gasteiger partial charge in [0, 0.05) is 17.1 Å². The fraction of sp³-hybridized carbons (Fsp3) is 0.533. The summed E-state index contributed by atoms with van der Waals surface area (Å²) in [6.45, 7) is 3.14. The average molecular weight is 296 g/mol. The lowest BCUT2D eigenvalue weighted by Gasteiger charge is -2.25. The number of hydrogen-bond donors (Lipinski definition) is 2. The van der Waals surface area contributed by atoms with Gasteiger partial charge < -0.3 is 10.9 Å². The number of hydrogen-bond acceptors (Lipinski definition) is 3. The molecular formula is C15H22ClN3O. The predicted molar refractivity (Wildman–Crippen MR) is 82.3 cm³/mol. The lowest BCUT2D eigenvalue weighted by molar-refractivity contribution is 0.240. The van der Waals surface area contributed by atoms with Crippen LogP contribution < -0.4 is 5.73 Å². The molecule has 0 aromatic heterocycles. The Bertz CT molecular complexity index is 468. The average Bonchev–Trinajstić information content (AvgIpc) is 2.42. The molecule has 0 unspecified atom stereocenters. The third-order valence-electron chi connectivity index (χ3n) is 3.80. The van der Waals surface area contributed by atoms with E-state index in [2.05, 4.69) is 10.1 Å². The van der Waals surface area contributed by atoms with Gasteiger partial charge in [0.1, 0.15) is 0 Å². The highest BCUT2D eigenvalue weighted by atomic mass is 35.5. The van der Waals surface area contributed by atoms with Crippen molar-refractivity contribution in [2.75, 3.05) is 13.1 Å². The second kappa shape index (κ2) is 7.50. The van der Waals surface area contributed by atoms with Crippen LogP contribution in [0.15, 0.2) is 23.4 Å². The van der Waals surface area contributed by atoms with Crippen LogP contribution in [0, 0.1) is 0 Å². The summed E-state index contributed by atoms with van der Waals surface area (Å²) in [5.74, 6) is 0.0877. The number of nitrogens with zero attached hydrogens (tertiary/aromatic N) is 2. The van der Waals surface area contributed by atoms with Gasteiger partial charge in [-0.1, -0.05) is 48.2 Å². The van der Waals surface area contributed by atoms with Crippen molar-refractivity contribution in [2.45, 2.75) is 38.6 Å². The topological polar surface area (TPSA) is 61.9 Å². The minimum Gasteiger partial charge on any atom is -0.409 e. The molecule has 110 valence electrons. The van der Waals surface area contributed by atoms with E-state index in [4.69, 9.17) is 22.5 Å². The molecule has 0 bridgehead atoms. The van der Waals surface area contributed by atoms with Crippen LogP contribution in [-0.4, -0.2) is 29.0 Å². The van der Waals surface area contributed by atoms with Gasteiger partial charge in [-0.15, -0.1) is 0 Å². The summed E-state index contributed by atoms with van der Waals surface area (Å²) in [5.41, 5.74) is 7.31. The molecule has 0 radical (unpaired) electrons. The molecule has 1 aromatic carbocycles. The van der Waals surface area contributed by atoms with E-state index in [1.54, 1.807) is 6.07 Å². The summed E-state index contributed by atoms with van der Waals surface area (Å²) >= 11 is 6.30. The summed E-state index contributed by atoms with van der Waals surface area (Å²) in [4.78, 5) is 2.46. The van der Waals surface area contributed by atoms with E-state index in [-0.39, 0.29) is 5.84 Å². The van der Waals surface area contributed by atoms with Crippen LogP contribution in [0.3, 0.4) is 0 Å². The first kappa shape index (κ1) is 15.1. The van der Waals surface area contributed by atoms with Gasteiger partial charge in [-0.3, -0.25) is 4.90 Å². The second-order valence-electron chi connectivity index (χ2n) is 5.34. The monoisotopic (exact) mass is 295 g/mol. The van der Waals surface area contributed by atoms with Gasteiger partial charge in [-0.2, -0.15) is 0 Å². The van der Waals surface area contributed by atoms with E-state index in [0.717, 1.165) is 25.2 Å². The van der Waals surface area contributed by atoms with Crippen LogP contribution in [0.1, 0.15) is 43.2 Å². The number of oxime groups is 1. The van der Waals surface area contributed by atoms with Crippen molar-refractivity contribution in [2.24, 2.45) is 10.9 Å². The zero-order valence-electron chi connectivity index (χ0n) is 11.7. The Morgan fingerprint density at radius 1 is 1.20 bits per heavy atom. The fourth-order valence-corrected chi connectivity index (χ4v) is 2.84. The molecule has 20 heavy (non-hydrogen) atoms. The van der Waals surface area contributed by atoms with E-state index in [9.17, 15) is 0 Å². The first-order valence-electron chi connectivity index (χ1n) is 7.19. The molecule has 5 heteroatoms. The van der Waals surface area contributed by atoms with Crippen molar-refractivity contribution in [3.05, 3.63) is 34.3 Å². The maximum Gasteiger partial charge on any atom is 0.170 e. The molecule has 1 fully saturated rings. The van der Waals surface area contributed by atoms with Crippen LogP contribution in [-0.2, 0) is 6.54 Å². The van der Waals surface area contributed by atoms with Crippen molar-refractivity contribution >= 4 is 17.4 Å². The number of rotatable bonds is 3. The Morgan fingerprint density at radius 3 is 2.45 bits per heavy atom. The zero-order chi connectivity index (χ0) is 14.4. The van der Waals surface area contributed by atoms with E-state index in [1.807, 2.05) is 12.1 Å². The molecule has 3 N–H and O–H groups in total. The highest BCUT2D eigenvalue weighted by Gasteiger charge is 2.11. The zero-order valence-corrected chi connectivity index (χ0v) is 12.4. The Balaban J connectivity index is 2.05. The SMILES string of the molecule is N/C(=N/O)c1ccc(CN2CCCCCCC2)c(Cl)c1. The summed E-state index contributed by atoms with van der Waals surface area (Å²) in [6.07, 6.45) is 6.54. The van der Waals surface area contributed by atoms with Crippen LogP contribution in [0.4, 0.5) is 0 Å².